The first-order chi connectivity index (χ1) is 8.15. The zero-order chi connectivity index (χ0) is 12.3. The SMILES string of the molecule is Cc1ncc(CNCc2cc(Br)ccc2F)[nH]1. The Balaban J connectivity index is 1.91. The lowest BCUT2D eigenvalue weighted by molar-refractivity contribution is 0.585. The standard InChI is InChI=1S/C12H13BrFN3/c1-8-16-7-11(17-8)6-15-5-9-4-10(13)2-3-12(9)14/h2-4,7,15H,5-6H2,1H3,(H,16,17). The number of nitrogens with one attached hydrogen (secondary N) is 2. The first kappa shape index (κ1) is 12.3. The van der Waals surface area contributed by atoms with Gasteiger partial charge in [0.1, 0.15) is 11.6 Å². The van der Waals surface area contributed by atoms with E-state index in [1.807, 2.05) is 6.92 Å². The molecule has 0 spiro atoms. The van der Waals surface area contributed by atoms with Gasteiger partial charge in [-0.15, -0.1) is 0 Å². The fourth-order valence-corrected chi connectivity index (χ4v) is 1.98. The van der Waals surface area contributed by atoms with Crippen molar-refractivity contribution in [3.63, 3.8) is 0 Å². The number of imidazole rings is 1. The van der Waals surface area contributed by atoms with Gasteiger partial charge in [0, 0.05) is 35.0 Å². The maximum atomic E-state index is 13.4. The maximum Gasteiger partial charge on any atom is 0.127 e. The summed E-state index contributed by atoms with van der Waals surface area (Å²) >= 11 is 3.33. The second-order valence-electron chi connectivity index (χ2n) is 3.83. The van der Waals surface area contributed by atoms with E-state index in [2.05, 4.69) is 31.2 Å². The lowest BCUT2D eigenvalue weighted by Gasteiger charge is -2.05. The fraction of sp³-hybridized carbons (Fsp3) is 0.250. The van der Waals surface area contributed by atoms with E-state index in [-0.39, 0.29) is 5.82 Å². The second-order valence-corrected chi connectivity index (χ2v) is 4.75. The number of halogens is 2. The van der Waals surface area contributed by atoms with Gasteiger partial charge < -0.3 is 10.3 Å². The first-order valence-corrected chi connectivity index (χ1v) is 6.09. The van der Waals surface area contributed by atoms with Gasteiger partial charge in [0.25, 0.3) is 0 Å². The lowest BCUT2D eigenvalue weighted by Crippen LogP contribution is -2.14. The van der Waals surface area contributed by atoms with E-state index in [1.54, 1.807) is 18.3 Å². The summed E-state index contributed by atoms with van der Waals surface area (Å²) in [6, 6.07) is 4.93. The highest BCUT2D eigenvalue weighted by Crippen LogP contribution is 2.15. The Morgan fingerprint density at radius 3 is 2.94 bits per heavy atom. The molecule has 0 aliphatic carbocycles. The van der Waals surface area contributed by atoms with Crippen LogP contribution in [0.15, 0.2) is 28.9 Å². The molecule has 0 saturated heterocycles. The number of aryl methyl sites for hydroxylation is 1. The number of H-pyrrole nitrogens is 1. The van der Waals surface area contributed by atoms with Crippen LogP contribution in [-0.2, 0) is 13.1 Å². The van der Waals surface area contributed by atoms with E-state index in [1.165, 1.54) is 6.07 Å². The van der Waals surface area contributed by atoms with Gasteiger partial charge in [0.05, 0.1) is 0 Å². The van der Waals surface area contributed by atoms with Crippen LogP contribution in [0, 0.1) is 12.7 Å². The molecule has 1 aromatic heterocycles. The van der Waals surface area contributed by atoms with Crippen LogP contribution in [0.2, 0.25) is 0 Å². The number of rotatable bonds is 4. The third-order valence-corrected chi connectivity index (χ3v) is 2.89. The monoisotopic (exact) mass is 297 g/mol. The number of benzene rings is 1. The third-order valence-electron chi connectivity index (χ3n) is 2.39. The van der Waals surface area contributed by atoms with Crippen molar-refractivity contribution in [2.24, 2.45) is 0 Å². The third kappa shape index (κ3) is 3.38. The van der Waals surface area contributed by atoms with E-state index in [9.17, 15) is 4.39 Å². The van der Waals surface area contributed by atoms with Gasteiger partial charge >= 0.3 is 0 Å². The van der Waals surface area contributed by atoms with Crippen LogP contribution in [0.5, 0.6) is 0 Å². The van der Waals surface area contributed by atoms with Crippen LogP contribution < -0.4 is 5.32 Å². The molecule has 2 N–H and O–H groups in total. The van der Waals surface area contributed by atoms with Crippen molar-refractivity contribution in [3.8, 4) is 0 Å². The molecule has 0 unspecified atom stereocenters. The number of aromatic amines is 1. The molecule has 17 heavy (non-hydrogen) atoms. The highest BCUT2D eigenvalue weighted by molar-refractivity contribution is 9.10. The topological polar surface area (TPSA) is 40.7 Å². The zero-order valence-electron chi connectivity index (χ0n) is 9.43. The molecule has 5 heteroatoms. The van der Waals surface area contributed by atoms with Gasteiger partial charge in [0.15, 0.2) is 0 Å². The Labute approximate surface area is 108 Å². The van der Waals surface area contributed by atoms with Gasteiger partial charge in [-0.2, -0.15) is 0 Å². The van der Waals surface area contributed by atoms with Crippen LogP contribution >= 0.6 is 15.9 Å². The fourth-order valence-electron chi connectivity index (χ4n) is 1.57. The molecule has 0 saturated carbocycles. The Bertz CT molecular complexity index is 510. The highest BCUT2D eigenvalue weighted by Gasteiger charge is 2.03. The quantitative estimate of drug-likeness (QED) is 0.911. The molecule has 1 heterocycles. The molecule has 0 radical (unpaired) electrons. The van der Waals surface area contributed by atoms with E-state index < -0.39 is 0 Å². The maximum absolute atomic E-state index is 13.4. The Kier molecular flexibility index (Phi) is 3.91. The first-order valence-electron chi connectivity index (χ1n) is 5.30. The molecule has 2 rings (SSSR count). The molecule has 90 valence electrons. The molecule has 2 aromatic rings. The minimum Gasteiger partial charge on any atom is -0.345 e. The lowest BCUT2D eigenvalue weighted by atomic mass is 10.2. The molecule has 0 fully saturated rings. The number of hydrogen-bond donors (Lipinski definition) is 2. The largest absolute Gasteiger partial charge is 0.345 e. The second kappa shape index (κ2) is 5.42. The van der Waals surface area contributed by atoms with Crippen molar-refractivity contribution >= 4 is 15.9 Å². The molecule has 0 amide bonds. The number of nitrogens with zero attached hydrogens (tertiary/aromatic N) is 1. The molecular weight excluding hydrogens is 285 g/mol. The summed E-state index contributed by atoms with van der Waals surface area (Å²) in [5.41, 5.74) is 1.65. The molecule has 0 aliphatic rings. The van der Waals surface area contributed by atoms with E-state index in [4.69, 9.17) is 0 Å². The smallest absolute Gasteiger partial charge is 0.127 e. The van der Waals surface area contributed by atoms with Crippen molar-refractivity contribution in [2.45, 2.75) is 20.0 Å². The summed E-state index contributed by atoms with van der Waals surface area (Å²) in [7, 11) is 0. The summed E-state index contributed by atoms with van der Waals surface area (Å²) in [6.45, 7) is 3.04. The summed E-state index contributed by atoms with van der Waals surface area (Å²) in [5, 5.41) is 3.17. The highest BCUT2D eigenvalue weighted by atomic mass is 79.9. The minimum absolute atomic E-state index is 0.193. The van der Waals surface area contributed by atoms with Crippen molar-refractivity contribution in [3.05, 3.63) is 51.8 Å². The number of hydrogen-bond acceptors (Lipinski definition) is 2. The Morgan fingerprint density at radius 2 is 2.24 bits per heavy atom. The van der Waals surface area contributed by atoms with E-state index >= 15 is 0 Å². The van der Waals surface area contributed by atoms with Gasteiger partial charge in [-0.1, -0.05) is 15.9 Å². The van der Waals surface area contributed by atoms with Crippen molar-refractivity contribution in [1.29, 1.82) is 0 Å². The zero-order valence-corrected chi connectivity index (χ0v) is 11.0. The van der Waals surface area contributed by atoms with Crippen LogP contribution in [0.3, 0.4) is 0 Å². The van der Waals surface area contributed by atoms with Crippen LogP contribution in [0.1, 0.15) is 17.1 Å². The van der Waals surface area contributed by atoms with Gasteiger partial charge in [-0.05, 0) is 25.1 Å². The summed E-state index contributed by atoms with van der Waals surface area (Å²) in [5.74, 6) is 0.692. The average molecular weight is 298 g/mol. The minimum atomic E-state index is -0.193. The summed E-state index contributed by atoms with van der Waals surface area (Å²) in [6.07, 6.45) is 1.78. The molecular formula is C12H13BrFN3. The van der Waals surface area contributed by atoms with Crippen LogP contribution in [0.4, 0.5) is 4.39 Å². The van der Waals surface area contributed by atoms with E-state index in [0.29, 0.717) is 18.7 Å². The molecule has 3 nitrogen and oxygen atoms in total. The number of aromatic nitrogens is 2. The molecule has 0 bridgehead atoms. The van der Waals surface area contributed by atoms with Crippen LogP contribution in [0.25, 0.3) is 0 Å². The predicted molar refractivity (Wildman–Crippen MR) is 68.0 cm³/mol. The molecule has 0 atom stereocenters. The normalized spacial score (nSPS) is 10.8. The molecule has 1 aromatic carbocycles. The van der Waals surface area contributed by atoms with Crippen molar-refractivity contribution in [1.82, 2.24) is 15.3 Å². The predicted octanol–water partition coefficient (Wildman–Crippen LogP) is 2.91. The summed E-state index contributed by atoms with van der Waals surface area (Å²) < 4.78 is 14.3. The van der Waals surface area contributed by atoms with E-state index in [0.717, 1.165) is 16.0 Å². The average Bonchev–Trinajstić information content (AvgIpc) is 2.69. The van der Waals surface area contributed by atoms with Gasteiger partial charge in [-0.25, -0.2) is 9.37 Å². The van der Waals surface area contributed by atoms with Crippen LogP contribution in [-0.4, -0.2) is 9.97 Å². The van der Waals surface area contributed by atoms with Crippen molar-refractivity contribution in [2.75, 3.05) is 0 Å². The Morgan fingerprint density at radius 1 is 1.41 bits per heavy atom. The summed E-state index contributed by atoms with van der Waals surface area (Å²) in [4.78, 5) is 7.21. The van der Waals surface area contributed by atoms with Gasteiger partial charge in [-0.3, -0.25) is 0 Å². The van der Waals surface area contributed by atoms with Gasteiger partial charge in [0.2, 0.25) is 0 Å². The van der Waals surface area contributed by atoms with Crippen molar-refractivity contribution < 1.29 is 4.39 Å². The molecule has 0 aliphatic heterocycles. The Hall–Kier alpha value is -1.20.